The number of benzene rings is 7. The van der Waals surface area contributed by atoms with Crippen LogP contribution in [0, 0.1) is 6.57 Å². The second-order valence-electron chi connectivity index (χ2n) is 12.4. The molecule has 0 atom stereocenters. The fourth-order valence-corrected chi connectivity index (χ4v) is 10.1. The maximum atomic E-state index is 7.58. The maximum absolute atomic E-state index is 7.58. The number of para-hydroxylation sites is 3. The molecular formula is C43H23N3OSe. The molecule has 222 valence electrons. The van der Waals surface area contributed by atoms with Crippen molar-refractivity contribution < 1.29 is 4.42 Å². The van der Waals surface area contributed by atoms with E-state index in [0.29, 0.717) is 5.69 Å². The van der Waals surface area contributed by atoms with Crippen molar-refractivity contribution in [3.63, 3.8) is 0 Å². The summed E-state index contributed by atoms with van der Waals surface area (Å²) in [7, 11) is 0. The standard InChI is InChI=1S/C43H23N3OSe/c1-44-25-14-18-37-32(22-25)28-8-2-5-11-35(28)45(37)26-15-20-40-33(23-26)34-24-27(16-21-41(34)48-40)46-36-12-6-3-10-31(36)42-38(46)19-17-30-29-9-4-7-13-39(29)47-43(30)42/h2-24H. The average molecular weight is 677 g/mol. The molecule has 11 rings (SSSR count). The average Bonchev–Trinajstić information content (AvgIpc) is 3.88. The Morgan fingerprint density at radius 1 is 0.479 bits per heavy atom. The Hall–Kier alpha value is -6.05. The molecule has 4 aromatic heterocycles. The SMILES string of the molecule is [C-]#[N+]c1ccc2c(c1)c1ccccc1n2-c1ccc2[se]c3ccc(-n4c5ccccc5c5c6oc7ccccc7c6ccc54)cc3c2c1. The third kappa shape index (κ3) is 3.43. The van der Waals surface area contributed by atoms with E-state index in [2.05, 4.69) is 135 Å². The summed E-state index contributed by atoms with van der Waals surface area (Å²) in [6, 6.07) is 49.9. The van der Waals surface area contributed by atoms with Crippen LogP contribution in [0.4, 0.5) is 5.69 Å². The molecule has 0 N–H and O–H groups in total. The van der Waals surface area contributed by atoms with Crippen LogP contribution in [0.5, 0.6) is 0 Å². The number of hydrogen-bond donors (Lipinski definition) is 0. The molecule has 0 bridgehead atoms. The van der Waals surface area contributed by atoms with E-state index in [1.807, 2.05) is 18.2 Å². The van der Waals surface area contributed by atoms with Crippen LogP contribution in [0.1, 0.15) is 0 Å². The van der Waals surface area contributed by atoms with E-state index in [1.165, 1.54) is 30.2 Å². The summed E-state index contributed by atoms with van der Waals surface area (Å²) < 4.78 is 14.1. The first kappa shape index (κ1) is 26.1. The Kier molecular flexibility index (Phi) is 5.16. The summed E-state index contributed by atoms with van der Waals surface area (Å²) >= 11 is 0.231. The van der Waals surface area contributed by atoms with E-state index in [0.717, 1.165) is 66.0 Å². The second-order valence-corrected chi connectivity index (χ2v) is 14.7. The van der Waals surface area contributed by atoms with Crippen LogP contribution in [-0.4, -0.2) is 23.6 Å². The topological polar surface area (TPSA) is 27.4 Å². The molecule has 0 radical (unpaired) electrons. The number of nitrogens with zero attached hydrogens (tertiary/aromatic N) is 3. The Morgan fingerprint density at radius 3 is 1.83 bits per heavy atom. The van der Waals surface area contributed by atoms with Crippen LogP contribution < -0.4 is 0 Å². The van der Waals surface area contributed by atoms with Crippen LogP contribution >= 0.6 is 0 Å². The molecular weight excluding hydrogens is 653 g/mol. The van der Waals surface area contributed by atoms with Crippen LogP contribution in [0.25, 0.3) is 101 Å². The normalized spacial score (nSPS) is 12.1. The molecule has 0 saturated heterocycles. The zero-order valence-corrected chi connectivity index (χ0v) is 27.2. The molecule has 4 heterocycles. The van der Waals surface area contributed by atoms with Gasteiger partial charge in [-0.2, -0.15) is 0 Å². The molecule has 0 amide bonds. The van der Waals surface area contributed by atoms with Gasteiger partial charge in [0.1, 0.15) is 0 Å². The molecule has 0 aliphatic heterocycles. The van der Waals surface area contributed by atoms with Gasteiger partial charge in [-0.25, -0.2) is 0 Å². The Labute approximate surface area is 279 Å². The molecule has 0 aliphatic carbocycles. The van der Waals surface area contributed by atoms with Gasteiger partial charge >= 0.3 is 281 Å². The minimum atomic E-state index is 0.231. The molecule has 4 nitrogen and oxygen atoms in total. The van der Waals surface area contributed by atoms with Crippen molar-refractivity contribution in [2.45, 2.75) is 0 Å². The first-order valence-electron chi connectivity index (χ1n) is 16.0. The van der Waals surface area contributed by atoms with Crippen LogP contribution in [-0.2, 0) is 0 Å². The number of hydrogen-bond acceptors (Lipinski definition) is 1. The molecule has 0 unspecified atom stereocenters. The van der Waals surface area contributed by atoms with Crippen LogP contribution in [0.2, 0.25) is 0 Å². The van der Waals surface area contributed by atoms with Crippen molar-refractivity contribution in [1.82, 2.24) is 9.13 Å². The number of rotatable bonds is 2. The molecule has 0 spiro atoms. The van der Waals surface area contributed by atoms with Gasteiger partial charge in [-0.1, -0.05) is 0 Å². The summed E-state index contributed by atoms with van der Waals surface area (Å²) in [5, 5.41) is 9.51. The van der Waals surface area contributed by atoms with Gasteiger partial charge < -0.3 is 0 Å². The predicted molar refractivity (Wildman–Crippen MR) is 201 cm³/mol. The minimum absolute atomic E-state index is 0.231. The van der Waals surface area contributed by atoms with Gasteiger partial charge in [-0.05, 0) is 0 Å². The van der Waals surface area contributed by atoms with Gasteiger partial charge in [-0.15, -0.1) is 0 Å². The third-order valence-electron chi connectivity index (χ3n) is 9.92. The zero-order chi connectivity index (χ0) is 31.5. The summed E-state index contributed by atoms with van der Waals surface area (Å²) in [4.78, 5) is 3.71. The van der Waals surface area contributed by atoms with E-state index < -0.39 is 0 Å². The van der Waals surface area contributed by atoms with Crippen LogP contribution in [0.15, 0.2) is 144 Å². The predicted octanol–water partition coefficient (Wildman–Crippen LogP) is 11.7. The molecule has 48 heavy (non-hydrogen) atoms. The van der Waals surface area contributed by atoms with Gasteiger partial charge in [0.25, 0.3) is 0 Å². The van der Waals surface area contributed by atoms with Gasteiger partial charge in [0.15, 0.2) is 0 Å². The van der Waals surface area contributed by atoms with Gasteiger partial charge in [0, 0.05) is 0 Å². The van der Waals surface area contributed by atoms with E-state index in [9.17, 15) is 0 Å². The molecule has 11 aromatic rings. The van der Waals surface area contributed by atoms with E-state index in [1.54, 1.807) is 0 Å². The summed E-state index contributed by atoms with van der Waals surface area (Å²) in [5.41, 5.74) is 9.37. The Morgan fingerprint density at radius 2 is 1.08 bits per heavy atom. The van der Waals surface area contributed by atoms with Crippen molar-refractivity contribution in [3.05, 3.63) is 151 Å². The third-order valence-corrected chi connectivity index (χ3v) is 12.3. The van der Waals surface area contributed by atoms with Crippen molar-refractivity contribution in [2.24, 2.45) is 0 Å². The molecule has 0 saturated carbocycles. The summed E-state index contributed by atoms with van der Waals surface area (Å²) in [6.45, 7) is 7.58. The number of furan rings is 1. The van der Waals surface area contributed by atoms with Crippen molar-refractivity contribution in [1.29, 1.82) is 0 Å². The quantitative estimate of drug-likeness (QED) is 0.132. The monoisotopic (exact) mass is 677 g/mol. The second kappa shape index (κ2) is 9.50. The summed E-state index contributed by atoms with van der Waals surface area (Å²) in [5.74, 6) is 0. The van der Waals surface area contributed by atoms with E-state index in [4.69, 9.17) is 11.0 Å². The van der Waals surface area contributed by atoms with Crippen molar-refractivity contribution in [2.75, 3.05) is 0 Å². The van der Waals surface area contributed by atoms with Crippen LogP contribution in [0.3, 0.4) is 0 Å². The first-order valence-corrected chi connectivity index (χ1v) is 17.7. The Balaban J connectivity index is 1.17. The molecule has 0 fully saturated rings. The van der Waals surface area contributed by atoms with E-state index in [-0.39, 0.29) is 14.5 Å². The first-order chi connectivity index (χ1) is 23.7. The van der Waals surface area contributed by atoms with Gasteiger partial charge in [0.2, 0.25) is 0 Å². The number of aromatic nitrogens is 2. The van der Waals surface area contributed by atoms with Crippen molar-refractivity contribution >= 4 is 105 Å². The fraction of sp³-hybridized carbons (Fsp3) is 0. The number of fused-ring (bicyclic) bond motifs is 13. The van der Waals surface area contributed by atoms with E-state index >= 15 is 0 Å². The van der Waals surface area contributed by atoms with Gasteiger partial charge in [0.05, 0.1) is 0 Å². The fourth-order valence-electron chi connectivity index (χ4n) is 7.85. The molecule has 7 aromatic carbocycles. The molecule has 5 heteroatoms. The molecule has 0 aliphatic rings. The van der Waals surface area contributed by atoms with Gasteiger partial charge in [-0.3, -0.25) is 0 Å². The Bertz CT molecular complexity index is 3200. The van der Waals surface area contributed by atoms with Crippen molar-refractivity contribution in [3.8, 4) is 11.4 Å². The summed E-state index contributed by atoms with van der Waals surface area (Å²) in [6.07, 6.45) is 0. The zero-order valence-electron chi connectivity index (χ0n) is 25.4.